The lowest BCUT2D eigenvalue weighted by atomic mass is 10.0. The minimum atomic E-state index is -0.183. The first-order valence-electron chi connectivity index (χ1n) is 6.32. The van der Waals surface area contributed by atoms with E-state index in [4.69, 9.17) is 0 Å². The SMILES string of the molecule is CNCc1ccc(F)c(-c2ccc(N(C)C)cc2)c1. The molecule has 0 spiro atoms. The van der Waals surface area contributed by atoms with Crippen molar-refractivity contribution in [2.75, 3.05) is 26.0 Å². The third-order valence-corrected chi connectivity index (χ3v) is 3.11. The van der Waals surface area contributed by atoms with E-state index in [0.717, 1.165) is 23.4 Å². The van der Waals surface area contributed by atoms with Crippen LogP contribution in [0.2, 0.25) is 0 Å². The van der Waals surface area contributed by atoms with Crippen LogP contribution in [0.4, 0.5) is 10.1 Å². The van der Waals surface area contributed by atoms with Gasteiger partial charge in [-0.15, -0.1) is 0 Å². The molecule has 0 saturated carbocycles. The number of hydrogen-bond donors (Lipinski definition) is 1. The number of nitrogens with one attached hydrogen (secondary N) is 1. The summed E-state index contributed by atoms with van der Waals surface area (Å²) in [4.78, 5) is 2.03. The molecule has 0 unspecified atom stereocenters. The van der Waals surface area contributed by atoms with Gasteiger partial charge in [0, 0.05) is 31.9 Å². The summed E-state index contributed by atoms with van der Waals surface area (Å²) in [5.74, 6) is -0.183. The van der Waals surface area contributed by atoms with Gasteiger partial charge in [0.15, 0.2) is 0 Å². The Labute approximate surface area is 113 Å². The lowest BCUT2D eigenvalue weighted by molar-refractivity contribution is 0.630. The molecule has 0 atom stereocenters. The van der Waals surface area contributed by atoms with Gasteiger partial charge in [-0.05, 0) is 42.4 Å². The average Bonchev–Trinajstić information content (AvgIpc) is 2.41. The van der Waals surface area contributed by atoms with Crippen molar-refractivity contribution in [2.45, 2.75) is 6.54 Å². The number of hydrogen-bond acceptors (Lipinski definition) is 2. The standard InChI is InChI=1S/C16H19FN2/c1-18-11-12-4-9-16(17)15(10-12)13-5-7-14(8-6-13)19(2)3/h4-10,18H,11H2,1-3H3. The summed E-state index contributed by atoms with van der Waals surface area (Å²) in [6.45, 7) is 0.739. The van der Waals surface area contributed by atoms with Gasteiger partial charge < -0.3 is 10.2 Å². The summed E-state index contributed by atoms with van der Waals surface area (Å²) < 4.78 is 13.9. The fourth-order valence-corrected chi connectivity index (χ4v) is 2.05. The van der Waals surface area contributed by atoms with Crippen LogP contribution in [0.1, 0.15) is 5.56 Å². The zero-order valence-electron chi connectivity index (χ0n) is 11.6. The largest absolute Gasteiger partial charge is 0.378 e. The van der Waals surface area contributed by atoms with E-state index in [9.17, 15) is 4.39 Å². The third kappa shape index (κ3) is 3.12. The van der Waals surface area contributed by atoms with E-state index >= 15 is 0 Å². The first-order valence-corrected chi connectivity index (χ1v) is 6.32. The maximum absolute atomic E-state index is 13.9. The molecule has 2 aromatic rings. The van der Waals surface area contributed by atoms with E-state index in [1.165, 1.54) is 6.07 Å². The summed E-state index contributed by atoms with van der Waals surface area (Å²) in [5, 5.41) is 3.08. The molecular weight excluding hydrogens is 239 g/mol. The summed E-state index contributed by atoms with van der Waals surface area (Å²) >= 11 is 0. The molecule has 1 N–H and O–H groups in total. The van der Waals surface area contributed by atoms with E-state index in [0.29, 0.717) is 5.56 Å². The lowest BCUT2D eigenvalue weighted by Crippen LogP contribution is -2.08. The molecule has 0 fully saturated rings. The van der Waals surface area contributed by atoms with Gasteiger partial charge in [0.1, 0.15) is 5.82 Å². The smallest absolute Gasteiger partial charge is 0.131 e. The number of halogens is 1. The maximum Gasteiger partial charge on any atom is 0.131 e. The molecule has 0 aromatic heterocycles. The molecule has 19 heavy (non-hydrogen) atoms. The first kappa shape index (κ1) is 13.6. The molecule has 0 aliphatic rings. The van der Waals surface area contributed by atoms with Gasteiger partial charge in [0.2, 0.25) is 0 Å². The van der Waals surface area contributed by atoms with Gasteiger partial charge >= 0.3 is 0 Å². The Kier molecular flexibility index (Phi) is 4.17. The van der Waals surface area contributed by atoms with Crippen LogP contribution in [0.5, 0.6) is 0 Å². The highest BCUT2D eigenvalue weighted by Gasteiger charge is 2.06. The number of anilines is 1. The first-order chi connectivity index (χ1) is 9.11. The summed E-state index contributed by atoms with van der Waals surface area (Å²) in [6, 6.07) is 13.1. The predicted octanol–water partition coefficient (Wildman–Crippen LogP) is 3.28. The van der Waals surface area contributed by atoms with Gasteiger partial charge in [-0.3, -0.25) is 0 Å². The molecule has 0 aliphatic carbocycles. The summed E-state index contributed by atoms with van der Waals surface area (Å²) in [7, 11) is 5.86. The van der Waals surface area contributed by atoms with Crippen molar-refractivity contribution in [2.24, 2.45) is 0 Å². The van der Waals surface area contributed by atoms with Crippen LogP contribution in [0.3, 0.4) is 0 Å². The van der Waals surface area contributed by atoms with Crippen molar-refractivity contribution in [3.63, 3.8) is 0 Å². The van der Waals surface area contributed by atoms with Crippen molar-refractivity contribution >= 4 is 5.69 Å². The number of nitrogens with zero attached hydrogens (tertiary/aromatic N) is 1. The molecule has 0 amide bonds. The minimum Gasteiger partial charge on any atom is -0.378 e. The average molecular weight is 258 g/mol. The van der Waals surface area contributed by atoms with Crippen molar-refractivity contribution < 1.29 is 4.39 Å². The lowest BCUT2D eigenvalue weighted by Gasteiger charge is -2.13. The Morgan fingerprint density at radius 3 is 2.32 bits per heavy atom. The van der Waals surface area contributed by atoms with Crippen LogP contribution in [-0.2, 0) is 6.54 Å². The molecule has 2 aromatic carbocycles. The second-order valence-corrected chi connectivity index (χ2v) is 4.79. The molecule has 0 radical (unpaired) electrons. The molecule has 3 heteroatoms. The fourth-order valence-electron chi connectivity index (χ4n) is 2.05. The molecule has 0 saturated heterocycles. The van der Waals surface area contributed by atoms with Gasteiger partial charge in [0.05, 0.1) is 0 Å². The van der Waals surface area contributed by atoms with Crippen LogP contribution < -0.4 is 10.2 Å². The van der Waals surface area contributed by atoms with Crippen molar-refractivity contribution in [1.29, 1.82) is 0 Å². The van der Waals surface area contributed by atoms with Crippen LogP contribution in [0.25, 0.3) is 11.1 Å². The van der Waals surface area contributed by atoms with Gasteiger partial charge in [-0.25, -0.2) is 4.39 Å². The fraction of sp³-hybridized carbons (Fsp3) is 0.250. The highest BCUT2D eigenvalue weighted by Crippen LogP contribution is 2.26. The number of benzene rings is 2. The quantitative estimate of drug-likeness (QED) is 0.905. The molecule has 2 nitrogen and oxygen atoms in total. The summed E-state index contributed by atoms with van der Waals surface area (Å²) in [5.41, 5.74) is 3.74. The minimum absolute atomic E-state index is 0.183. The second kappa shape index (κ2) is 5.85. The topological polar surface area (TPSA) is 15.3 Å². The van der Waals surface area contributed by atoms with Crippen molar-refractivity contribution in [3.8, 4) is 11.1 Å². The van der Waals surface area contributed by atoms with Crippen LogP contribution in [0.15, 0.2) is 42.5 Å². The van der Waals surface area contributed by atoms with Crippen molar-refractivity contribution in [3.05, 3.63) is 53.8 Å². The predicted molar refractivity (Wildman–Crippen MR) is 78.9 cm³/mol. The van der Waals surface area contributed by atoms with E-state index in [1.54, 1.807) is 0 Å². The Morgan fingerprint density at radius 2 is 1.74 bits per heavy atom. The molecule has 100 valence electrons. The molecule has 2 rings (SSSR count). The van der Waals surface area contributed by atoms with E-state index < -0.39 is 0 Å². The van der Waals surface area contributed by atoms with E-state index in [-0.39, 0.29) is 5.82 Å². The molecule has 0 heterocycles. The Morgan fingerprint density at radius 1 is 1.05 bits per heavy atom. The monoisotopic (exact) mass is 258 g/mol. The normalized spacial score (nSPS) is 10.5. The second-order valence-electron chi connectivity index (χ2n) is 4.79. The highest BCUT2D eigenvalue weighted by atomic mass is 19.1. The van der Waals surface area contributed by atoms with Crippen molar-refractivity contribution in [1.82, 2.24) is 5.32 Å². The van der Waals surface area contributed by atoms with Crippen LogP contribution in [-0.4, -0.2) is 21.1 Å². The summed E-state index contributed by atoms with van der Waals surface area (Å²) in [6.07, 6.45) is 0. The molecule has 0 aliphatic heterocycles. The Hall–Kier alpha value is -1.87. The Balaban J connectivity index is 2.37. The van der Waals surface area contributed by atoms with Gasteiger partial charge in [0.25, 0.3) is 0 Å². The third-order valence-electron chi connectivity index (χ3n) is 3.11. The van der Waals surface area contributed by atoms with Gasteiger partial charge in [-0.2, -0.15) is 0 Å². The Bertz CT molecular complexity index is 547. The van der Waals surface area contributed by atoms with Crippen LogP contribution in [0, 0.1) is 5.82 Å². The van der Waals surface area contributed by atoms with E-state index in [2.05, 4.69) is 5.32 Å². The molecule has 0 bridgehead atoms. The van der Waals surface area contributed by atoms with Crippen LogP contribution >= 0.6 is 0 Å². The number of rotatable bonds is 4. The van der Waals surface area contributed by atoms with E-state index in [1.807, 2.05) is 62.4 Å². The highest BCUT2D eigenvalue weighted by molar-refractivity contribution is 5.67. The maximum atomic E-state index is 13.9. The molecular formula is C16H19FN2. The zero-order valence-corrected chi connectivity index (χ0v) is 11.6. The van der Waals surface area contributed by atoms with Gasteiger partial charge in [-0.1, -0.05) is 18.2 Å². The zero-order chi connectivity index (χ0) is 13.8.